The summed E-state index contributed by atoms with van der Waals surface area (Å²) in [4.78, 5) is 21.7. The van der Waals surface area contributed by atoms with Gasteiger partial charge in [-0.25, -0.2) is 9.09 Å². The maximum atomic E-state index is 12.5. The van der Waals surface area contributed by atoms with E-state index in [0.717, 1.165) is 7.11 Å². The number of hydrogen-bond donors (Lipinski definition) is 2. The fourth-order valence-corrected chi connectivity index (χ4v) is 2.96. The lowest BCUT2D eigenvalue weighted by molar-refractivity contribution is 0.0751. The number of phosphoric acid groups is 1. The third-order valence-electron chi connectivity index (χ3n) is 4.12. The summed E-state index contributed by atoms with van der Waals surface area (Å²) in [6.07, 6.45) is 0. The molecule has 1 heterocycles. The number of methoxy groups -OCH3 is 2. The molecule has 1 aromatic heterocycles. The molecule has 30 heavy (non-hydrogen) atoms. The molecule has 3 aromatic rings. The topological polar surface area (TPSA) is 134 Å². The van der Waals surface area contributed by atoms with Crippen LogP contribution in [-0.4, -0.2) is 38.1 Å². The molecule has 0 aliphatic heterocycles. The highest BCUT2D eigenvalue weighted by Crippen LogP contribution is 2.42. The first-order chi connectivity index (χ1) is 14.3. The number of fused-ring (bicyclic) bond motifs is 1. The summed E-state index contributed by atoms with van der Waals surface area (Å²) in [6, 6.07) is 8.62. The van der Waals surface area contributed by atoms with E-state index in [-0.39, 0.29) is 39.8 Å². The molecule has 0 bridgehead atoms. The summed E-state index contributed by atoms with van der Waals surface area (Å²) in [5.41, 5.74) is 0.269. The third-order valence-corrected chi connectivity index (χ3v) is 5.01. The minimum atomic E-state index is -4.18. The van der Waals surface area contributed by atoms with Gasteiger partial charge in [-0.15, -0.1) is 0 Å². The smallest absolute Gasteiger partial charge is 0.474 e. The first-order valence-corrected chi connectivity index (χ1v) is 9.96. The van der Waals surface area contributed by atoms with Gasteiger partial charge in [-0.1, -0.05) is 0 Å². The molecule has 10 nitrogen and oxygen atoms in total. The van der Waals surface area contributed by atoms with Crippen LogP contribution < -0.4 is 19.6 Å². The minimum absolute atomic E-state index is 0.150. The van der Waals surface area contributed by atoms with E-state index in [9.17, 15) is 19.4 Å². The minimum Gasteiger partial charge on any atom is -0.504 e. The van der Waals surface area contributed by atoms with Gasteiger partial charge in [-0.3, -0.25) is 9.32 Å². The fraction of sp³-hybridized carbons (Fsp3) is 0.211. The summed E-state index contributed by atoms with van der Waals surface area (Å²) >= 11 is 0. The third kappa shape index (κ3) is 4.58. The van der Waals surface area contributed by atoms with Crippen LogP contribution in [0.25, 0.3) is 22.3 Å². The average Bonchev–Trinajstić information content (AvgIpc) is 2.72. The van der Waals surface area contributed by atoms with Crippen LogP contribution in [0.5, 0.6) is 23.0 Å². The van der Waals surface area contributed by atoms with Gasteiger partial charge in [0.05, 0.1) is 19.6 Å². The Hall–Kier alpha value is -3.04. The quantitative estimate of drug-likeness (QED) is 0.399. The first kappa shape index (κ1) is 21.7. The highest BCUT2D eigenvalue weighted by molar-refractivity contribution is 7.47. The summed E-state index contributed by atoms with van der Waals surface area (Å²) in [7, 11) is -0.346. The van der Waals surface area contributed by atoms with Crippen LogP contribution in [0.4, 0.5) is 0 Å². The SMILES string of the molecule is COc1cc(-c2cc(=O)c3ccc(OCOP(=O)(O)OC)cc3o2)cc(O)c1OC. The van der Waals surface area contributed by atoms with E-state index in [0.29, 0.717) is 10.9 Å². The van der Waals surface area contributed by atoms with Gasteiger partial charge in [0.25, 0.3) is 0 Å². The van der Waals surface area contributed by atoms with Crippen molar-refractivity contribution in [2.45, 2.75) is 0 Å². The normalized spacial score (nSPS) is 13.1. The second kappa shape index (κ2) is 8.76. The second-order valence-electron chi connectivity index (χ2n) is 5.91. The van der Waals surface area contributed by atoms with E-state index in [4.69, 9.17) is 18.6 Å². The average molecular weight is 438 g/mol. The first-order valence-electron chi connectivity index (χ1n) is 8.47. The van der Waals surface area contributed by atoms with E-state index >= 15 is 0 Å². The molecule has 0 saturated heterocycles. The molecular weight excluding hydrogens is 419 g/mol. The van der Waals surface area contributed by atoms with E-state index in [1.165, 1.54) is 44.6 Å². The highest BCUT2D eigenvalue weighted by atomic mass is 31.2. The van der Waals surface area contributed by atoms with Gasteiger partial charge in [-0.05, 0) is 24.3 Å². The zero-order chi connectivity index (χ0) is 21.9. The van der Waals surface area contributed by atoms with Gasteiger partial charge in [0.2, 0.25) is 5.75 Å². The zero-order valence-electron chi connectivity index (χ0n) is 16.3. The Balaban J connectivity index is 1.97. The number of rotatable bonds is 8. The zero-order valence-corrected chi connectivity index (χ0v) is 17.2. The Morgan fingerprint density at radius 2 is 1.83 bits per heavy atom. The molecule has 11 heteroatoms. The maximum absolute atomic E-state index is 12.5. The van der Waals surface area contributed by atoms with Crippen LogP contribution in [0.2, 0.25) is 0 Å². The molecule has 160 valence electrons. The Morgan fingerprint density at radius 1 is 1.07 bits per heavy atom. The number of ether oxygens (including phenoxy) is 3. The lowest BCUT2D eigenvalue weighted by atomic mass is 10.1. The Bertz CT molecular complexity index is 1170. The van der Waals surface area contributed by atoms with Crippen molar-refractivity contribution in [3.63, 3.8) is 0 Å². The van der Waals surface area contributed by atoms with Crippen LogP contribution in [0.3, 0.4) is 0 Å². The molecule has 0 amide bonds. The molecule has 0 aliphatic carbocycles. The van der Waals surface area contributed by atoms with Crippen molar-refractivity contribution >= 4 is 18.8 Å². The predicted octanol–water partition coefficient (Wildman–Crippen LogP) is 3.28. The van der Waals surface area contributed by atoms with Crippen molar-refractivity contribution in [1.29, 1.82) is 0 Å². The summed E-state index contributed by atoms with van der Waals surface area (Å²) in [6.45, 7) is -0.555. The molecule has 0 aliphatic rings. The molecule has 3 rings (SSSR count). The highest BCUT2D eigenvalue weighted by Gasteiger charge is 2.19. The summed E-state index contributed by atoms with van der Waals surface area (Å²) < 4.78 is 41.5. The maximum Gasteiger partial charge on any atom is 0.474 e. The van der Waals surface area contributed by atoms with E-state index in [2.05, 4.69) is 9.05 Å². The van der Waals surface area contributed by atoms with Crippen LogP contribution >= 0.6 is 7.82 Å². The van der Waals surface area contributed by atoms with Gasteiger partial charge in [-0.2, -0.15) is 0 Å². The number of phosphoric ester groups is 1. The second-order valence-corrected chi connectivity index (χ2v) is 7.47. The summed E-state index contributed by atoms with van der Waals surface area (Å²) in [5.74, 6) is 0.634. The number of hydrogen-bond acceptors (Lipinski definition) is 9. The summed E-state index contributed by atoms with van der Waals surface area (Å²) in [5, 5.41) is 10.5. The standard InChI is InChI=1S/C19H19O10P/c1-24-18-7-11(6-15(21)19(18)25-2)16-9-14(20)13-5-4-12(8-17(13)29-16)27-10-28-30(22,23)26-3/h4-9,21H,10H2,1-3H3,(H,22,23). The van der Waals surface area contributed by atoms with Crippen molar-refractivity contribution < 1.29 is 42.2 Å². The monoisotopic (exact) mass is 438 g/mol. The Kier molecular flexibility index (Phi) is 6.33. The van der Waals surface area contributed by atoms with Crippen LogP contribution in [0.15, 0.2) is 45.6 Å². The lowest BCUT2D eigenvalue weighted by Crippen LogP contribution is -2.04. The molecule has 2 aromatic carbocycles. The van der Waals surface area contributed by atoms with Crippen molar-refractivity contribution in [2.75, 3.05) is 28.1 Å². The van der Waals surface area contributed by atoms with E-state index < -0.39 is 14.6 Å². The van der Waals surface area contributed by atoms with Crippen molar-refractivity contribution in [1.82, 2.24) is 0 Å². The van der Waals surface area contributed by atoms with Crippen molar-refractivity contribution in [2.24, 2.45) is 0 Å². The molecule has 0 saturated carbocycles. The molecular formula is C19H19O10P. The van der Waals surface area contributed by atoms with Gasteiger partial charge in [0, 0.05) is 24.8 Å². The Labute approximate surface area is 170 Å². The van der Waals surface area contributed by atoms with Crippen molar-refractivity contribution in [3.8, 4) is 34.3 Å². The number of benzene rings is 2. The van der Waals surface area contributed by atoms with Crippen LogP contribution in [0, 0.1) is 0 Å². The van der Waals surface area contributed by atoms with E-state index in [1.54, 1.807) is 6.07 Å². The number of aromatic hydroxyl groups is 1. The van der Waals surface area contributed by atoms with Gasteiger partial charge in [0.1, 0.15) is 17.1 Å². The number of phenolic OH excluding ortho intramolecular Hbond substituents is 1. The lowest BCUT2D eigenvalue weighted by Gasteiger charge is -2.12. The van der Waals surface area contributed by atoms with Crippen LogP contribution in [0.1, 0.15) is 0 Å². The molecule has 1 atom stereocenters. The van der Waals surface area contributed by atoms with Crippen LogP contribution in [-0.2, 0) is 13.6 Å². The number of phenols is 1. The molecule has 0 radical (unpaired) electrons. The molecule has 1 unspecified atom stereocenters. The molecule has 0 fully saturated rings. The van der Waals surface area contributed by atoms with Crippen molar-refractivity contribution in [3.05, 3.63) is 46.6 Å². The van der Waals surface area contributed by atoms with Gasteiger partial charge in [0.15, 0.2) is 23.7 Å². The fourth-order valence-electron chi connectivity index (χ4n) is 2.67. The Morgan fingerprint density at radius 3 is 2.50 bits per heavy atom. The molecule has 0 spiro atoms. The molecule has 2 N–H and O–H groups in total. The predicted molar refractivity (Wildman–Crippen MR) is 106 cm³/mol. The van der Waals surface area contributed by atoms with E-state index in [1.807, 2.05) is 0 Å². The largest absolute Gasteiger partial charge is 0.504 e. The van der Waals surface area contributed by atoms with Gasteiger partial charge < -0.3 is 28.6 Å². The van der Waals surface area contributed by atoms with Gasteiger partial charge >= 0.3 is 7.82 Å².